The van der Waals surface area contributed by atoms with E-state index in [1.807, 2.05) is 37.3 Å². The molecular formula is C14H9ClO. The van der Waals surface area contributed by atoms with Crippen LogP contribution in [-0.2, 0) is 0 Å². The van der Waals surface area contributed by atoms with E-state index in [1.54, 1.807) is 6.07 Å². The van der Waals surface area contributed by atoms with Crippen LogP contribution in [0.15, 0.2) is 36.4 Å². The molecule has 0 unspecified atom stereocenters. The molecule has 0 N–H and O–H groups in total. The molecule has 0 spiro atoms. The number of carbonyl (C=O) groups is 1. The van der Waals surface area contributed by atoms with Crippen molar-refractivity contribution in [1.29, 1.82) is 0 Å². The van der Waals surface area contributed by atoms with Crippen molar-refractivity contribution >= 4 is 17.4 Å². The van der Waals surface area contributed by atoms with Gasteiger partial charge >= 0.3 is 0 Å². The minimum atomic E-state index is 0.0885. The van der Waals surface area contributed by atoms with Crippen LogP contribution in [0.4, 0.5) is 0 Å². The summed E-state index contributed by atoms with van der Waals surface area (Å²) < 4.78 is 0. The fraction of sp³-hybridized carbons (Fsp3) is 0.0714. The molecule has 3 rings (SSSR count). The fourth-order valence-corrected chi connectivity index (χ4v) is 2.44. The third-order valence-corrected chi connectivity index (χ3v) is 3.25. The lowest BCUT2D eigenvalue weighted by Crippen LogP contribution is -1.97. The molecule has 1 aliphatic carbocycles. The lowest BCUT2D eigenvalue weighted by Gasteiger charge is -2.01. The van der Waals surface area contributed by atoms with Crippen molar-refractivity contribution in [2.75, 3.05) is 0 Å². The summed E-state index contributed by atoms with van der Waals surface area (Å²) in [6.07, 6.45) is 0. The Morgan fingerprint density at radius 2 is 1.81 bits per heavy atom. The Bertz CT molecular complexity index is 614. The summed E-state index contributed by atoms with van der Waals surface area (Å²) in [6, 6.07) is 11.4. The van der Waals surface area contributed by atoms with E-state index >= 15 is 0 Å². The Kier molecular flexibility index (Phi) is 1.92. The summed E-state index contributed by atoms with van der Waals surface area (Å²) >= 11 is 5.92. The summed E-state index contributed by atoms with van der Waals surface area (Å²) in [4.78, 5) is 12.2. The molecule has 0 saturated carbocycles. The molecule has 0 bridgehead atoms. The second-order valence-corrected chi connectivity index (χ2v) is 4.45. The van der Waals surface area contributed by atoms with E-state index in [0.29, 0.717) is 5.02 Å². The average Bonchev–Trinajstić information content (AvgIpc) is 2.54. The summed E-state index contributed by atoms with van der Waals surface area (Å²) in [5.41, 5.74) is 4.58. The number of carbonyl (C=O) groups excluding carboxylic acids is 1. The van der Waals surface area contributed by atoms with Crippen molar-refractivity contribution in [1.82, 2.24) is 0 Å². The number of halogens is 1. The molecule has 0 aromatic heterocycles. The van der Waals surface area contributed by atoms with E-state index in [1.165, 1.54) is 0 Å². The number of hydrogen-bond acceptors (Lipinski definition) is 1. The van der Waals surface area contributed by atoms with E-state index in [-0.39, 0.29) is 5.78 Å². The highest BCUT2D eigenvalue weighted by Crippen LogP contribution is 2.38. The van der Waals surface area contributed by atoms with Gasteiger partial charge in [0.1, 0.15) is 0 Å². The van der Waals surface area contributed by atoms with Gasteiger partial charge in [0.15, 0.2) is 5.78 Å². The van der Waals surface area contributed by atoms with Gasteiger partial charge in [0, 0.05) is 16.1 Å². The predicted molar refractivity (Wildman–Crippen MR) is 65.1 cm³/mol. The largest absolute Gasteiger partial charge is 0.289 e. The van der Waals surface area contributed by atoms with Gasteiger partial charge in [-0.05, 0) is 35.7 Å². The Morgan fingerprint density at radius 1 is 1.00 bits per heavy atom. The van der Waals surface area contributed by atoms with Crippen LogP contribution in [0.1, 0.15) is 21.5 Å². The van der Waals surface area contributed by atoms with Gasteiger partial charge in [0.2, 0.25) is 0 Å². The van der Waals surface area contributed by atoms with Crippen molar-refractivity contribution < 1.29 is 4.79 Å². The van der Waals surface area contributed by atoms with E-state index in [9.17, 15) is 4.79 Å². The van der Waals surface area contributed by atoms with Gasteiger partial charge in [-0.3, -0.25) is 4.79 Å². The van der Waals surface area contributed by atoms with Crippen LogP contribution >= 0.6 is 11.6 Å². The molecule has 2 aromatic rings. The molecule has 1 nitrogen and oxygen atoms in total. The number of ketones is 1. The minimum Gasteiger partial charge on any atom is -0.289 e. The zero-order chi connectivity index (χ0) is 11.3. The van der Waals surface area contributed by atoms with E-state index in [2.05, 4.69) is 0 Å². The Balaban J connectivity index is 2.39. The summed E-state index contributed by atoms with van der Waals surface area (Å²) in [5, 5.41) is 0.609. The Morgan fingerprint density at radius 3 is 2.62 bits per heavy atom. The van der Waals surface area contributed by atoms with Crippen molar-refractivity contribution in [3.8, 4) is 11.1 Å². The third kappa shape index (κ3) is 1.15. The van der Waals surface area contributed by atoms with E-state index < -0.39 is 0 Å². The summed E-state index contributed by atoms with van der Waals surface area (Å²) in [7, 11) is 0. The van der Waals surface area contributed by atoms with Crippen LogP contribution in [0.3, 0.4) is 0 Å². The first kappa shape index (κ1) is 9.61. The first-order valence-electron chi connectivity index (χ1n) is 5.13. The molecule has 2 aromatic carbocycles. The zero-order valence-corrected chi connectivity index (χ0v) is 9.51. The molecule has 1 aliphatic rings. The van der Waals surface area contributed by atoms with Gasteiger partial charge in [-0.1, -0.05) is 35.9 Å². The van der Waals surface area contributed by atoms with Gasteiger partial charge in [-0.2, -0.15) is 0 Å². The van der Waals surface area contributed by atoms with Crippen molar-refractivity contribution in [3.05, 3.63) is 58.1 Å². The number of benzene rings is 2. The monoisotopic (exact) mass is 228 g/mol. The lowest BCUT2D eigenvalue weighted by atomic mass is 10.0. The molecule has 0 saturated heterocycles. The van der Waals surface area contributed by atoms with Gasteiger partial charge in [-0.15, -0.1) is 0 Å². The fourth-order valence-electron chi connectivity index (χ4n) is 2.27. The van der Waals surface area contributed by atoms with Crippen LogP contribution in [0.2, 0.25) is 5.02 Å². The molecule has 0 amide bonds. The van der Waals surface area contributed by atoms with Gasteiger partial charge in [0.25, 0.3) is 0 Å². The van der Waals surface area contributed by atoms with Crippen LogP contribution in [0.5, 0.6) is 0 Å². The first-order valence-corrected chi connectivity index (χ1v) is 5.50. The summed E-state index contributed by atoms with van der Waals surface area (Å²) in [5.74, 6) is 0.0885. The molecule has 78 valence electrons. The maximum Gasteiger partial charge on any atom is 0.194 e. The van der Waals surface area contributed by atoms with E-state index in [0.717, 1.165) is 27.8 Å². The minimum absolute atomic E-state index is 0.0885. The van der Waals surface area contributed by atoms with Crippen molar-refractivity contribution in [2.24, 2.45) is 0 Å². The average molecular weight is 229 g/mol. The molecule has 0 radical (unpaired) electrons. The zero-order valence-electron chi connectivity index (χ0n) is 8.75. The number of aryl methyl sites for hydroxylation is 1. The number of fused-ring (bicyclic) bond motifs is 3. The third-order valence-electron chi connectivity index (χ3n) is 3.02. The first-order chi connectivity index (χ1) is 7.68. The number of rotatable bonds is 0. The van der Waals surface area contributed by atoms with E-state index in [4.69, 9.17) is 11.6 Å². The molecule has 0 heterocycles. The standard InChI is InChI=1S/C14H9ClO/c1-8-3-2-4-11-10-6-5-9(15)7-12(10)14(16)13(8)11/h2-7H,1H3. The predicted octanol–water partition coefficient (Wildman–Crippen LogP) is 3.86. The van der Waals surface area contributed by atoms with Crippen LogP contribution in [0, 0.1) is 6.92 Å². The molecular weight excluding hydrogens is 220 g/mol. The van der Waals surface area contributed by atoms with Crippen LogP contribution in [0.25, 0.3) is 11.1 Å². The molecule has 0 aliphatic heterocycles. The van der Waals surface area contributed by atoms with Crippen LogP contribution < -0.4 is 0 Å². The maximum atomic E-state index is 12.2. The molecule has 16 heavy (non-hydrogen) atoms. The summed E-state index contributed by atoms with van der Waals surface area (Å²) in [6.45, 7) is 1.96. The second-order valence-electron chi connectivity index (χ2n) is 4.02. The van der Waals surface area contributed by atoms with Gasteiger partial charge in [0.05, 0.1) is 0 Å². The normalized spacial score (nSPS) is 12.5. The second kappa shape index (κ2) is 3.19. The Hall–Kier alpha value is -1.60. The number of hydrogen-bond donors (Lipinski definition) is 0. The highest BCUT2D eigenvalue weighted by atomic mass is 35.5. The molecule has 0 atom stereocenters. The lowest BCUT2D eigenvalue weighted by molar-refractivity contribution is 0.104. The van der Waals surface area contributed by atoms with Crippen LogP contribution in [-0.4, -0.2) is 5.78 Å². The molecule has 2 heteroatoms. The van der Waals surface area contributed by atoms with Gasteiger partial charge in [-0.25, -0.2) is 0 Å². The highest BCUT2D eigenvalue weighted by molar-refractivity contribution is 6.32. The Labute approximate surface area is 98.7 Å². The molecule has 0 fully saturated rings. The van der Waals surface area contributed by atoms with Crippen molar-refractivity contribution in [3.63, 3.8) is 0 Å². The topological polar surface area (TPSA) is 17.1 Å². The van der Waals surface area contributed by atoms with Gasteiger partial charge < -0.3 is 0 Å². The smallest absolute Gasteiger partial charge is 0.194 e. The van der Waals surface area contributed by atoms with Crippen molar-refractivity contribution in [2.45, 2.75) is 6.92 Å². The highest BCUT2D eigenvalue weighted by Gasteiger charge is 2.27. The quantitative estimate of drug-likeness (QED) is 0.571. The maximum absolute atomic E-state index is 12.2. The SMILES string of the molecule is Cc1cccc2c1C(=O)c1cc(Cl)ccc1-2.